The van der Waals surface area contributed by atoms with Gasteiger partial charge in [-0.05, 0) is 30.0 Å². The summed E-state index contributed by atoms with van der Waals surface area (Å²) in [5.41, 5.74) is 5.45. The molecular weight excluding hydrogens is 416 g/mol. The summed E-state index contributed by atoms with van der Waals surface area (Å²) in [4.78, 5) is 26.8. The standard InChI is InChI=1S/C18H22N4O5S2/c19-9-10-20-16(23)17-21(18(24)27-14-6-2-1-3-7-14)11-5-12-22(17)29(25,26)15-8-4-13-28-15/h1-4,6-8,13,17H,5,9-12,19H2,(H,20,23). The van der Waals surface area contributed by atoms with Crippen molar-refractivity contribution in [3.8, 4) is 5.75 Å². The second-order valence-electron chi connectivity index (χ2n) is 6.23. The maximum Gasteiger partial charge on any atom is 0.416 e. The van der Waals surface area contributed by atoms with Gasteiger partial charge in [0.05, 0.1) is 0 Å². The number of para-hydroxylation sites is 1. The van der Waals surface area contributed by atoms with Crippen LogP contribution >= 0.6 is 11.3 Å². The van der Waals surface area contributed by atoms with Gasteiger partial charge >= 0.3 is 6.09 Å². The van der Waals surface area contributed by atoms with Gasteiger partial charge in [-0.15, -0.1) is 11.3 Å². The second kappa shape index (κ2) is 9.35. The van der Waals surface area contributed by atoms with Gasteiger partial charge in [-0.25, -0.2) is 13.2 Å². The van der Waals surface area contributed by atoms with E-state index in [4.69, 9.17) is 10.5 Å². The van der Waals surface area contributed by atoms with E-state index in [0.29, 0.717) is 12.2 Å². The third kappa shape index (κ3) is 4.75. The van der Waals surface area contributed by atoms with Crippen LogP contribution in [0.5, 0.6) is 5.75 Å². The Balaban J connectivity index is 1.91. The fourth-order valence-corrected chi connectivity index (χ4v) is 5.68. The third-order valence-electron chi connectivity index (χ3n) is 4.26. The molecular formula is C18H22N4O5S2. The fraction of sp³-hybridized carbons (Fsp3) is 0.333. The van der Waals surface area contributed by atoms with Crippen molar-refractivity contribution in [2.24, 2.45) is 5.73 Å². The number of sulfonamides is 1. The summed E-state index contributed by atoms with van der Waals surface area (Å²) in [6.07, 6.45) is -1.79. The summed E-state index contributed by atoms with van der Waals surface area (Å²) in [5, 5.41) is 4.22. The molecule has 0 aliphatic carbocycles. The molecule has 1 aromatic carbocycles. The minimum absolute atomic E-state index is 0.104. The molecule has 1 aliphatic heterocycles. The lowest BCUT2D eigenvalue weighted by Gasteiger charge is -2.40. The number of nitrogens with zero attached hydrogens (tertiary/aromatic N) is 2. The van der Waals surface area contributed by atoms with E-state index >= 15 is 0 Å². The van der Waals surface area contributed by atoms with Crippen LogP contribution in [0.3, 0.4) is 0 Å². The number of ether oxygens (including phenoxy) is 1. The molecule has 3 N–H and O–H groups in total. The first kappa shape index (κ1) is 21.2. The smallest absolute Gasteiger partial charge is 0.410 e. The minimum Gasteiger partial charge on any atom is -0.410 e. The van der Waals surface area contributed by atoms with E-state index < -0.39 is 28.2 Å². The Kier molecular flexibility index (Phi) is 6.85. The molecule has 0 radical (unpaired) electrons. The normalized spacial score (nSPS) is 17.7. The number of nitrogens with one attached hydrogen (secondary N) is 1. The number of nitrogens with two attached hydrogens (primary N) is 1. The molecule has 2 aromatic rings. The van der Waals surface area contributed by atoms with E-state index in [0.717, 1.165) is 20.5 Å². The van der Waals surface area contributed by atoms with Crippen LogP contribution in [0.2, 0.25) is 0 Å². The first-order chi connectivity index (χ1) is 13.9. The predicted octanol–water partition coefficient (Wildman–Crippen LogP) is 1.04. The highest BCUT2D eigenvalue weighted by Gasteiger charge is 2.45. The molecule has 1 aromatic heterocycles. The van der Waals surface area contributed by atoms with Crippen LogP contribution in [0.15, 0.2) is 52.1 Å². The zero-order chi connectivity index (χ0) is 20.9. The summed E-state index contributed by atoms with van der Waals surface area (Å²) in [6, 6.07) is 11.5. The molecule has 1 unspecified atom stereocenters. The number of rotatable bonds is 6. The van der Waals surface area contributed by atoms with Crippen molar-refractivity contribution in [1.29, 1.82) is 0 Å². The van der Waals surface area contributed by atoms with Gasteiger partial charge < -0.3 is 15.8 Å². The summed E-state index contributed by atoms with van der Waals surface area (Å²) in [6.45, 7) is 0.632. The van der Waals surface area contributed by atoms with Gasteiger partial charge in [0.1, 0.15) is 9.96 Å². The van der Waals surface area contributed by atoms with E-state index in [1.54, 1.807) is 41.8 Å². The Hall–Kier alpha value is -2.47. The van der Waals surface area contributed by atoms with Crippen molar-refractivity contribution < 1.29 is 22.7 Å². The van der Waals surface area contributed by atoms with Gasteiger partial charge in [-0.3, -0.25) is 9.69 Å². The molecule has 0 spiro atoms. The molecule has 1 fully saturated rings. The fourth-order valence-electron chi connectivity index (χ4n) is 2.97. The molecule has 9 nitrogen and oxygen atoms in total. The first-order valence-corrected chi connectivity index (χ1v) is 11.3. The zero-order valence-electron chi connectivity index (χ0n) is 15.6. The van der Waals surface area contributed by atoms with Crippen molar-refractivity contribution in [1.82, 2.24) is 14.5 Å². The average Bonchev–Trinajstić information content (AvgIpc) is 3.28. The molecule has 29 heavy (non-hydrogen) atoms. The van der Waals surface area contributed by atoms with Gasteiger partial charge in [-0.2, -0.15) is 4.31 Å². The molecule has 1 saturated heterocycles. The average molecular weight is 439 g/mol. The monoisotopic (exact) mass is 438 g/mol. The Morgan fingerprint density at radius 1 is 1.17 bits per heavy atom. The number of hydrogen-bond donors (Lipinski definition) is 2. The lowest BCUT2D eigenvalue weighted by molar-refractivity contribution is -0.131. The van der Waals surface area contributed by atoms with Crippen molar-refractivity contribution in [3.05, 3.63) is 47.8 Å². The van der Waals surface area contributed by atoms with Crippen LogP contribution in [0, 0.1) is 0 Å². The van der Waals surface area contributed by atoms with Crippen LogP contribution in [0.4, 0.5) is 4.79 Å². The summed E-state index contributed by atoms with van der Waals surface area (Å²) < 4.78 is 32.7. The highest BCUT2D eigenvalue weighted by atomic mass is 32.2. The molecule has 0 bridgehead atoms. The van der Waals surface area contributed by atoms with Crippen molar-refractivity contribution in [3.63, 3.8) is 0 Å². The first-order valence-electron chi connectivity index (χ1n) is 9.02. The second-order valence-corrected chi connectivity index (χ2v) is 9.29. The molecule has 1 aliphatic rings. The van der Waals surface area contributed by atoms with Crippen LogP contribution in [0.1, 0.15) is 6.42 Å². The molecule has 156 valence electrons. The van der Waals surface area contributed by atoms with E-state index in [1.165, 1.54) is 6.07 Å². The van der Waals surface area contributed by atoms with Gasteiger partial charge in [0.2, 0.25) is 0 Å². The topological polar surface area (TPSA) is 122 Å². The number of thiophene rings is 1. The summed E-state index contributed by atoms with van der Waals surface area (Å²) >= 11 is 1.05. The van der Waals surface area contributed by atoms with Crippen LogP contribution in [0.25, 0.3) is 0 Å². The number of carbonyl (C=O) groups excluding carboxylic acids is 2. The summed E-state index contributed by atoms with van der Waals surface area (Å²) in [7, 11) is -3.97. The van der Waals surface area contributed by atoms with Crippen molar-refractivity contribution >= 4 is 33.4 Å². The van der Waals surface area contributed by atoms with E-state index in [1.807, 2.05) is 0 Å². The maximum atomic E-state index is 13.1. The Morgan fingerprint density at radius 2 is 1.93 bits per heavy atom. The molecule has 11 heteroatoms. The van der Waals surface area contributed by atoms with Gasteiger partial charge in [0.15, 0.2) is 6.17 Å². The third-order valence-corrected chi connectivity index (χ3v) is 7.49. The lowest BCUT2D eigenvalue weighted by Crippen LogP contribution is -2.64. The molecule has 3 rings (SSSR count). The summed E-state index contributed by atoms with van der Waals surface area (Å²) in [5.74, 6) is -0.322. The van der Waals surface area contributed by atoms with Crippen LogP contribution in [-0.2, 0) is 14.8 Å². The molecule has 2 amide bonds. The number of amides is 2. The quantitative estimate of drug-likeness (QED) is 0.695. The molecule has 2 heterocycles. The van der Waals surface area contributed by atoms with Gasteiger partial charge in [0.25, 0.3) is 15.9 Å². The molecule has 0 saturated carbocycles. The van der Waals surface area contributed by atoms with Crippen LogP contribution in [-0.4, -0.2) is 62.0 Å². The van der Waals surface area contributed by atoms with E-state index in [9.17, 15) is 18.0 Å². The largest absolute Gasteiger partial charge is 0.416 e. The van der Waals surface area contributed by atoms with Gasteiger partial charge in [-0.1, -0.05) is 24.3 Å². The van der Waals surface area contributed by atoms with Crippen molar-refractivity contribution in [2.75, 3.05) is 26.2 Å². The highest BCUT2D eigenvalue weighted by molar-refractivity contribution is 7.91. The minimum atomic E-state index is -3.97. The predicted molar refractivity (Wildman–Crippen MR) is 108 cm³/mol. The SMILES string of the molecule is NCCNC(=O)C1N(C(=O)Oc2ccccc2)CCCN1S(=O)(=O)c1cccs1. The zero-order valence-corrected chi connectivity index (χ0v) is 17.2. The number of hydrogen-bond acceptors (Lipinski definition) is 7. The Morgan fingerprint density at radius 3 is 2.59 bits per heavy atom. The number of carbonyl (C=O) groups is 2. The molecule has 1 atom stereocenters. The van der Waals surface area contributed by atoms with Gasteiger partial charge in [0, 0.05) is 26.2 Å². The Labute approximate surface area is 173 Å². The van der Waals surface area contributed by atoms with Crippen LogP contribution < -0.4 is 15.8 Å². The highest BCUT2D eigenvalue weighted by Crippen LogP contribution is 2.27. The lowest BCUT2D eigenvalue weighted by atomic mass is 10.2. The van der Waals surface area contributed by atoms with E-state index in [-0.39, 0.29) is 30.4 Å². The Bertz CT molecular complexity index is 934. The maximum absolute atomic E-state index is 13.1. The van der Waals surface area contributed by atoms with Crippen molar-refractivity contribution in [2.45, 2.75) is 16.8 Å². The van der Waals surface area contributed by atoms with E-state index in [2.05, 4.69) is 5.32 Å². The number of benzene rings is 1.